The van der Waals surface area contributed by atoms with E-state index in [9.17, 15) is 9.59 Å². The van der Waals surface area contributed by atoms with Gasteiger partial charge in [0.1, 0.15) is 6.61 Å². The number of hydrogen-bond donors (Lipinski definition) is 0. The summed E-state index contributed by atoms with van der Waals surface area (Å²) in [5.74, 6) is 0.0694. The maximum absolute atomic E-state index is 12.3. The molecule has 0 aromatic carbocycles. The number of imide groups is 1. The van der Waals surface area contributed by atoms with Gasteiger partial charge in [0.25, 0.3) is 0 Å². The fourth-order valence-electron chi connectivity index (χ4n) is 2.48. The minimum absolute atomic E-state index is 0.0634. The maximum Gasteiger partial charge on any atom is 0.416 e. The predicted molar refractivity (Wildman–Crippen MR) is 63.3 cm³/mol. The van der Waals surface area contributed by atoms with Crippen LogP contribution in [0.25, 0.3) is 0 Å². The number of hydrogen-bond acceptors (Lipinski definition) is 3. The number of allylic oxidation sites excluding steroid dienone is 2. The van der Waals surface area contributed by atoms with Crippen molar-refractivity contribution in [2.45, 2.75) is 32.6 Å². The zero-order valence-electron chi connectivity index (χ0n) is 10.2. The van der Waals surface area contributed by atoms with Crippen LogP contribution in [0.2, 0.25) is 0 Å². The molecule has 0 spiro atoms. The van der Waals surface area contributed by atoms with Crippen molar-refractivity contribution in [3.8, 4) is 0 Å². The Labute approximate surface area is 102 Å². The highest BCUT2D eigenvalue weighted by molar-refractivity contribution is 5.94. The van der Waals surface area contributed by atoms with Gasteiger partial charge >= 0.3 is 6.09 Å². The number of ether oxygens (including phenoxy) is 1. The molecule has 94 valence electrons. The van der Waals surface area contributed by atoms with Gasteiger partial charge in [-0.2, -0.15) is 0 Å². The summed E-state index contributed by atoms with van der Waals surface area (Å²) in [4.78, 5) is 24.9. The highest BCUT2D eigenvalue weighted by Gasteiger charge is 2.35. The zero-order chi connectivity index (χ0) is 12.3. The molecule has 17 heavy (non-hydrogen) atoms. The van der Waals surface area contributed by atoms with Gasteiger partial charge in [-0.25, -0.2) is 9.69 Å². The Bertz CT molecular complexity index is 338. The fourth-order valence-corrected chi connectivity index (χ4v) is 2.48. The lowest BCUT2D eigenvalue weighted by Crippen LogP contribution is -2.39. The Morgan fingerprint density at radius 2 is 2.29 bits per heavy atom. The Hall–Kier alpha value is -1.32. The van der Waals surface area contributed by atoms with E-state index in [0.29, 0.717) is 13.2 Å². The van der Waals surface area contributed by atoms with E-state index in [1.165, 1.54) is 4.90 Å². The monoisotopic (exact) mass is 237 g/mol. The second-order valence-electron chi connectivity index (χ2n) is 4.78. The molecule has 0 aromatic heterocycles. The third kappa shape index (κ3) is 2.68. The van der Waals surface area contributed by atoms with Gasteiger partial charge in [-0.05, 0) is 25.2 Å². The second kappa shape index (κ2) is 5.34. The van der Waals surface area contributed by atoms with Gasteiger partial charge in [0.15, 0.2) is 0 Å². The minimum atomic E-state index is -0.478. The van der Waals surface area contributed by atoms with E-state index < -0.39 is 6.09 Å². The predicted octanol–water partition coefficient (Wildman–Crippen LogP) is 2.35. The van der Waals surface area contributed by atoms with Crippen molar-refractivity contribution in [2.75, 3.05) is 13.2 Å². The molecule has 2 amide bonds. The van der Waals surface area contributed by atoms with Crippen molar-refractivity contribution >= 4 is 12.0 Å². The van der Waals surface area contributed by atoms with Gasteiger partial charge in [-0.1, -0.05) is 25.5 Å². The molecule has 0 N–H and O–H groups in total. The molecule has 1 saturated heterocycles. The standard InChI is InChI=1S/C13H19NO3/c1-10-6-4-2-3-5-7-11(10)12(15)14-8-9-17-13(14)16/h4,6,10-11H,2-3,5,7-9H2,1H3/b6-4-. The van der Waals surface area contributed by atoms with Crippen LogP contribution in [-0.2, 0) is 9.53 Å². The third-order valence-corrected chi connectivity index (χ3v) is 3.55. The molecular weight excluding hydrogens is 218 g/mol. The molecule has 4 heteroatoms. The van der Waals surface area contributed by atoms with Crippen LogP contribution in [0.1, 0.15) is 32.6 Å². The first-order chi connectivity index (χ1) is 8.20. The normalized spacial score (nSPS) is 31.6. The molecule has 0 radical (unpaired) electrons. The van der Waals surface area contributed by atoms with Gasteiger partial charge in [0.2, 0.25) is 5.91 Å². The lowest BCUT2D eigenvalue weighted by atomic mass is 9.85. The lowest BCUT2D eigenvalue weighted by molar-refractivity contribution is -0.133. The molecule has 2 atom stereocenters. The summed E-state index contributed by atoms with van der Waals surface area (Å²) in [6.07, 6.45) is 7.90. The van der Waals surface area contributed by atoms with Crippen LogP contribution in [0, 0.1) is 11.8 Å². The van der Waals surface area contributed by atoms with Crippen molar-refractivity contribution in [1.29, 1.82) is 0 Å². The van der Waals surface area contributed by atoms with Crippen molar-refractivity contribution < 1.29 is 14.3 Å². The van der Waals surface area contributed by atoms with Crippen LogP contribution in [0.4, 0.5) is 4.79 Å². The zero-order valence-corrected chi connectivity index (χ0v) is 10.2. The molecule has 1 aliphatic carbocycles. The van der Waals surface area contributed by atoms with E-state index in [4.69, 9.17) is 4.74 Å². The van der Waals surface area contributed by atoms with Crippen LogP contribution in [0.3, 0.4) is 0 Å². The second-order valence-corrected chi connectivity index (χ2v) is 4.78. The van der Waals surface area contributed by atoms with Crippen molar-refractivity contribution in [3.05, 3.63) is 12.2 Å². The van der Waals surface area contributed by atoms with Crippen molar-refractivity contribution in [2.24, 2.45) is 11.8 Å². The van der Waals surface area contributed by atoms with E-state index in [0.717, 1.165) is 25.7 Å². The van der Waals surface area contributed by atoms with Gasteiger partial charge < -0.3 is 4.74 Å². The van der Waals surface area contributed by atoms with Gasteiger partial charge in [-0.3, -0.25) is 4.79 Å². The first-order valence-corrected chi connectivity index (χ1v) is 6.35. The molecule has 1 heterocycles. The average molecular weight is 237 g/mol. The SMILES string of the molecule is CC1/C=C\CCCCC1C(=O)N1CCOC1=O. The Morgan fingerprint density at radius 3 is 3.00 bits per heavy atom. The Kier molecular flexibility index (Phi) is 3.82. The van der Waals surface area contributed by atoms with E-state index in [1.807, 2.05) is 6.92 Å². The lowest BCUT2D eigenvalue weighted by Gasteiger charge is -2.25. The summed E-state index contributed by atoms with van der Waals surface area (Å²) < 4.78 is 4.82. The van der Waals surface area contributed by atoms with Crippen molar-refractivity contribution in [3.63, 3.8) is 0 Å². The number of cyclic esters (lactones) is 1. The van der Waals surface area contributed by atoms with Gasteiger partial charge in [0, 0.05) is 5.92 Å². The van der Waals surface area contributed by atoms with Gasteiger partial charge in [-0.15, -0.1) is 0 Å². The number of amides is 2. The molecule has 1 aliphatic heterocycles. The van der Waals surface area contributed by atoms with Crippen LogP contribution in [0.15, 0.2) is 12.2 Å². The highest BCUT2D eigenvalue weighted by Crippen LogP contribution is 2.26. The summed E-state index contributed by atoms with van der Waals surface area (Å²) in [5.41, 5.74) is 0. The summed E-state index contributed by atoms with van der Waals surface area (Å²) in [7, 11) is 0. The highest BCUT2D eigenvalue weighted by atomic mass is 16.6. The molecule has 0 aromatic rings. The molecule has 0 bridgehead atoms. The molecule has 1 fully saturated rings. The summed E-state index contributed by atoms with van der Waals surface area (Å²) >= 11 is 0. The van der Waals surface area contributed by atoms with Gasteiger partial charge in [0.05, 0.1) is 6.54 Å². The molecule has 2 unspecified atom stereocenters. The molecule has 0 saturated carbocycles. The largest absolute Gasteiger partial charge is 0.447 e. The topological polar surface area (TPSA) is 46.6 Å². The first kappa shape index (κ1) is 12.1. The molecule has 2 rings (SSSR count). The molecule has 2 aliphatic rings. The van der Waals surface area contributed by atoms with Crippen molar-refractivity contribution in [1.82, 2.24) is 4.90 Å². The van der Waals surface area contributed by atoms with E-state index in [-0.39, 0.29) is 17.7 Å². The summed E-state index contributed by atoms with van der Waals surface area (Å²) in [6.45, 7) is 2.79. The van der Waals surface area contributed by atoms with E-state index >= 15 is 0 Å². The minimum Gasteiger partial charge on any atom is -0.447 e. The number of carbonyl (C=O) groups is 2. The van der Waals surface area contributed by atoms with Crippen LogP contribution in [-0.4, -0.2) is 30.1 Å². The van der Waals surface area contributed by atoms with E-state index in [1.54, 1.807) is 0 Å². The molecular formula is C13H19NO3. The number of carbonyl (C=O) groups excluding carboxylic acids is 2. The van der Waals surface area contributed by atoms with E-state index in [2.05, 4.69) is 12.2 Å². The fraction of sp³-hybridized carbons (Fsp3) is 0.692. The van der Waals surface area contributed by atoms with Crippen LogP contribution in [0.5, 0.6) is 0 Å². The summed E-state index contributed by atoms with van der Waals surface area (Å²) in [6, 6.07) is 0. The maximum atomic E-state index is 12.3. The number of nitrogens with zero attached hydrogens (tertiary/aromatic N) is 1. The van der Waals surface area contributed by atoms with Crippen LogP contribution >= 0.6 is 0 Å². The Morgan fingerprint density at radius 1 is 1.47 bits per heavy atom. The number of rotatable bonds is 1. The van der Waals surface area contributed by atoms with Crippen LogP contribution < -0.4 is 0 Å². The third-order valence-electron chi connectivity index (χ3n) is 3.55. The molecule has 4 nitrogen and oxygen atoms in total. The summed E-state index contributed by atoms with van der Waals surface area (Å²) in [5, 5.41) is 0. The smallest absolute Gasteiger partial charge is 0.416 e. The quantitative estimate of drug-likeness (QED) is 0.658. The first-order valence-electron chi connectivity index (χ1n) is 6.35. The Balaban J connectivity index is 2.08. The average Bonchev–Trinajstić information content (AvgIpc) is 2.70.